The van der Waals surface area contributed by atoms with Gasteiger partial charge in [0.1, 0.15) is 5.56 Å². The molecule has 0 amide bonds. The summed E-state index contributed by atoms with van der Waals surface area (Å²) in [7, 11) is 0. The number of hydrogen-bond acceptors (Lipinski definition) is 3. The Morgan fingerprint density at radius 3 is 2.94 bits per heavy atom. The van der Waals surface area contributed by atoms with Gasteiger partial charge in [0.15, 0.2) is 0 Å². The van der Waals surface area contributed by atoms with E-state index in [4.69, 9.17) is 5.11 Å². The maximum atomic E-state index is 11.6. The SMILES string of the molecule is CCSCCCn1cccc(C(=O)O)c1=O. The summed E-state index contributed by atoms with van der Waals surface area (Å²) >= 11 is 1.81. The molecule has 0 radical (unpaired) electrons. The fourth-order valence-corrected chi connectivity index (χ4v) is 1.98. The van der Waals surface area contributed by atoms with Crippen molar-refractivity contribution >= 4 is 17.7 Å². The number of hydrogen-bond donors (Lipinski definition) is 1. The van der Waals surface area contributed by atoms with Gasteiger partial charge in [-0.15, -0.1) is 0 Å². The molecule has 4 nitrogen and oxygen atoms in total. The Morgan fingerprint density at radius 2 is 2.31 bits per heavy atom. The zero-order valence-corrected chi connectivity index (χ0v) is 10.00. The quantitative estimate of drug-likeness (QED) is 0.770. The summed E-state index contributed by atoms with van der Waals surface area (Å²) in [5.41, 5.74) is -0.581. The molecule has 1 heterocycles. The molecular weight excluding hydrogens is 226 g/mol. The normalized spacial score (nSPS) is 10.3. The molecule has 1 N–H and O–H groups in total. The minimum absolute atomic E-state index is 0.161. The van der Waals surface area contributed by atoms with E-state index in [2.05, 4.69) is 6.92 Å². The maximum Gasteiger partial charge on any atom is 0.341 e. The lowest BCUT2D eigenvalue weighted by Crippen LogP contribution is -2.25. The second kappa shape index (κ2) is 6.37. The number of nitrogens with zero attached hydrogens (tertiary/aromatic N) is 1. The minimum Gasteiger partial charge on any atom is -0.477 e. The van der Waals surface area contributed by atoms with Crippen molar-refractivity contribution in [3.63, 3.8) is 0 Å². The van der Waals surface area contributed by atoms with Crippen LogP contribution in [0.2, 0.25) is 0 Å². The van der Waals surface area contributed by atoms with Crippen LogP contribution in [-0.2, 0) is 6.54 Å². The van der Waals surface area contributed by atoms with Gasteiger partial charge in [-0.2, -0.15) is 11.8 Å². The summed E-state index contributed by atoms with van der Waals surface area (Å²) in [5, 5.41) is 8.78. The standard InChI is InChI=1S/C11H15NO3S/c1-2-16-8-4-7-12-6-3-5-9(10(12)13)11(14)15/h3,5-6H,2,4,7-8H2,1H3,(H,14,15). The lowest BCUT2D eigenvalue weighted by Gasteiger charge is -2.05. The Bertz CT molecular complexity index is 414. The van der Waals surface area contributed by atoms with Crippen molar-refractivity contribution in [2.24, 2.45) is 0 Å². The van der Waals surface area contributed by atoms with Crippen LogP contribution < -0.4 is 5.56 Å². The topological polar surface area (TPSA) is 59.3 Å². The zero-order chi connectivity index (χ0) is 12.0. The molecule has 0 aliphatic rings. The van der Waals surface area contributed by atoms with Crippen LogP contribution in [0.4, 0.5) is 0 Å². The van der Waals surface area contributed by atoms with E-state index in [0.29, 0.717) is 6.54 Å². The predicted molar refractivity (Wildman–Crippen MR) is 65.3 cm³/mol. The van der Waals surface area contributed by atoms with E-state index < -0.39 is 11.5 Å². The smallest absolute Gasteiger partial charge is 0.341 e. The van der Waals surface area contributed by atoms with E-state index in [-0.39, 0.29) is 5.56 Å². The molecule has 1 rings (SSSR count). The van der Waals surface area contributed by atoms with Crippen molar-refractivity contribution in [1.82, 2.24) is 4.57 Å². The molecule has 0 aliphatic carbocycles. The molecule has 88 valence electrons. The summed E-state index contributed by atoms with van der Waals surface area (Å²) in [6, 6.07) is 2.93. The van der Waals surface area contributed by atoms with Crippen molar-refractivity contribution in [3.8, 4) is 0 Å². The molecule has 0 aromatic carbocycles. The van der Waals surface area contributed by atoms with Gasteiger partial charge in [-0.1, -0.05) is 6.92 Å². The zero-order valence-electron chi connectivity index (χ0n) is 9.18. The van der Waals surface area contributed by atoms with Gasteiger partial charge in [0, 0.05) is 12.7 Å². The average molecular weight is 241 g/mol. The monoisotopic (exact) mass is 241 g/mol. The van der Waals surface area contributed by atoms with E-state index in [1.54, 1.807) is 12.3 Å². The Balaban J connectivity index is 2.70. The van der Waals surface area contributed by atoms with Crippen molar-refractivity contribution in [1.29, 1.82) is 0 Å². The number of carbonyl (C=O) groups is 1. The largest absolute Gasteiger partial charge is 0.477 e. The van der Waals surface area contributed by atoms with Crippen LogP contribution in [-0.4, -0.2) is 27.1 Å². The number of aryl methyl sites for hydroxylation is 1. The first-order valence-electron chi connectivity index (χ1n) is 5.17. The van der Waals surface area contributed by atoms with Gasteiger partial charge < -0.3 is 9.67 Å². The van der Waals surface area contributed by atoms with Gasteiger partial charge in [-0.05, 0) is 30.1 Å². The highest BCUT2D eigenvalue weighted by molar-refractivity contribution is 7.99. The number of carboxylic acid groups (broad SMARTS) is 1. The average Bonchev–Trinajstić information content (AvgIpc) is 2.26. The van der Waals surface area contributed by atoms with Gasteiger partial charge in [0.2, 0.25) is 0 Å². The molecule has 0 fully saturated rings. The molecule has 5 heteroatoms. The lowest BCUT2D eigenvalue weighted by molar-refractivity contribution is 0.0694. The molecule has 0 unspecified atom stereocenters. The number of pyridine rings is 1. The van der Waals surface area contributed by atoms with Crippen molar-refractivity contribution in [2.75, 3.05) is 11.5 Å². The van der Waals surface area contributed by atoms with Gasteiger partial charge in [-0.25, -0.2) is 4.79 Å². The Kier molecular flexibility index (Phi) is 5.11. The van der Waals surface area contributed by atoms with E-state index in [9.17, 15) is 9.59 Å². The first kappa shape index (κ1) is 12.8. The number of aromatic nitrogens is 1. The van der Waals surface area contributed by atoms with Crippen LogP contribution in [0.15, 0.2) is 23.1 Å². The van der Waals surface area contributed by atoms with Crippen LogP contribution in [0.25, 0.3) is 0 Å². The summed E-state index contributed by atoms with van der Waals surface area (Å²) in [6.07, 6.45) is 2.51. The molecule has 0 saturated carbocycles. The Labute approximate surface area is 98.3 Å². The molecule has 1 aromatic heterocycles. The van der Waals surface area contributed by atoms with Crippen LogP contribution in [0, 0.1) is 0 Å². The van der Waals surface area contributed by atoms with E-state index in [1.807, 2.05) is 11.8 Å². The molecule has 0 bridgehead atoms. The lowest BCUT2D eigenvalue weighted by atomic mass is 10.3. The third kappa shape index (κ3) is 3.41. The van der Waals surface area contributed by atoms with Crippen LogP contribution >= 0.6 is 11.8 Å². The summed E-state index contributed by atoms with van der Waals surface area (Å²) < 4.78 is 1.46. The van der Waals surface area contributed by atoms with E-state index in [1.165, 1.54) is 10.6 Å². The van der Waals surface area contributed by atoms with Crippen molar-refractivity contribution in [3.05, 3.63) is 34.2 Å². The fourth-order valence-electron chi connectivity index (χ4n) is 1.36. The first-order valence-corrected chi connectivity index (χ1v) is 6.32. The fraction of sp³-hybridized carbons (Fsp3) is 0.455. The minimum atomic E-state index is -1.16. The highest BCUT2D eigenvalue weighted by atomic mass is 32.2. The highest BCUT2D eigenvalue weighted by Crippen LogP contribution is 2.02. The third-order valence-electron chi connectivity index (χ3n) is 2.14. The highest BCUT2D eigenvalue weighted by Gasteiger charge is 2.09. The summed E-state index contributed by atoms with van der Waals surface area (Å²) in [4.78, 5) is 22.4. The second-order valence-corrected chi connectivity index (χ2v) is 4.67. The van der Waals surface area contributed by atoms with E-state index in [0.717, 1.165) is 17.9 Å². The molecular formula is C11H15NO3S. The van der Waals surface area contributed by atoms with Gasteiger partial charge >= 0.3 is 5.97 Å². The Hall–Kier alpha value is -1.23. The number of carboxylic acids is 1. The molecule has 16 heavy (non-hydrogen) atoms. The van der Waals surface area contributed by atoms with Gasteiger partial charge in [0.25, 0.3) is 5.56 Å². The van der Waals surface area contributed by atoms with Crippen LogP contribution in [0.5, 0.6) is 0 Å². The van der Waals surface area contributed by atoms with Crippen molar-refractivity contribution in [2.45, 2.75) is 19.9 Å². The number of rotatable bonds is 6. The van der Waals surface area contributed by atoms with Gasteiger partial charge in [-0.3, -0.25) is 4.79 Å². The summed E-state index contributed by atoms with van der Waals surface area (Å²) in [6.45, 7) is 2.66. The molecule has 0 atom stereocenters. The third-order valence-corrected chi connectivity index (χ3v) is 3.13. The molecule has 0 aliphatic heterocycles. The summed E-state index contributed by atoms with van der Waals surface area (Å²) in [5.74, 6) is 0.881. The predicted octanol–water partition coefficient (Wildman–Crippen LogP) is 1.69. The molecule has 0 spiro atoms. The molecule has 0 saturated heterocycles. The number of aromatic carboxylic acids is 1. The van der Waals surface area contributed by atoms with Crippen LogP contribution in [0.3, 0.4) is 0 Å². The maximum absolute atomic E-state index is 11.6. The Morgan fingerprint density at radius 1 is 1.56 bits per heavy atom. The van der Waals surface area contributed by atoms with E-state index >= 15 is 0 Å². The number of thioether (sulfide) groups is 1. The van der Waals surface area contributed by atoms with Crippen molar-refractivity contribution < 1.29 is 9.90 Å². The first-order chi connectivity index (χ1) is 7.66. The second-order valence-electron chi connectivity index (χ2n) is 3.28. The van der Waals surface area contributed by atoms with Gasteiger partial charge in [0.05, 0.1) is 0 Å². The molecule has 1 aromatic rings. The van der Waals surface area contributed by atoms with Crippen LogP contribution in [0.1, 0.15) is 23.7 Å².